The van der Waals surface area contributed by atoms with Crippen LogP contribution >= 0.6 is 0 Å². The smallest absolute Gasteiger partial charge is 1.00 e. The van der Waals surface area contributed by atoms with Crippen molar-refractivity contribution in [2.24, 2.45) is 0 Å². The van der Waals surface area contributed by atoms with Crippen LogP contribution in [0.15, 0.2) is 0 Å². The average Bonchev–Trinajstić information content (AvgIpc) is 1.35. The number of rotatable bonds is 1. The van der Waals surface area contributed by atoms with Gasteiger partial charge in [-0.15, -0.1) is 0 Å². The summed E-state index contributed by atoms with van der Waals surface area (Å²) >= 11 is 0. The van der Waals surface area contributed by atoms with Gasteiger partial charge in [0.1, 0.15) is 0 Å². The van der Waals surface area contributed by atoms with Gasteiger partial charge in [0.25, 0.3) is 0 Å². The van der Waals surface area contributed by atoms with Gasteiger partial charge in [-0.25, -0.2) is 0 Å². The van der Waals surface area contributed by atoms with Gasteiger partial charge in [-0.3, -0.25) is 0 Å². The van der Waals surface area contributed by atoms with E-state index >= 15 is 0 Å². The SMILES string of the molecule is O[Si](O)(O)OF.[H-].[K+]. The summed E-state index contributed by atoms with van der Waals surface area (Å²) in [4.78, 5) is 22.4. The van der Waals surface area contributed by atoms with Crippen LogP contribution in [0.5, 0.6) is 0 Å². The minimum absolute atomic E-state index is 0. The molecular weight excluding hydrogens is 150 g/mol. The van der Waals surface area contributed by atoms with Gasteiger partial charge in [0.2, 0.25) is 0 Å². The average molecular weight is 154 g/mol. The summed E-state index contributed by atoms with van der Waals surface area (Å²) in [6.45, 7) is 0. The van der Waals surface area contributed by atoms with Crippen LogP contribution in [0.25, 0.3) is 0 Å². The van der Waals surface area contributed by atoms with Crippen LogP contribution < -0.4 is 51.4 Å². The monoisotopic (exact) mass is 154 g/mol. The van der Waals surface area contributed by atoms with E-state index in [1.165, 1.54) is 0 Å². The first kappa shape index (κ1) is 11.4. The Balaban J connectivity index is -0.000000125. The predicted octanol–water partition coefficient (Wildman–Crippen LogP) is -4.58. The van der Waals surface area contributed by atoms with Crippen molar-refractivity contribution in [1.29, 1.82) is 0 Å². The normalized spacial score (nSPS) is 10.3. The van der Waals surface area contributed by atoms with E-state index in [-0.39, 0.29) is 52.8 Å². The Bertz CT molecular complexity index is 45.8. The summed E-state index contributed by atoms with van der Waals surface area (Å²) in [7, 11) is -4.80. The summed E-state index contributed by atoms with van der Waals surface area (Å²) in [5, 5.41) is 0. The van der Waals surface area contributed by atoms with Gasteiger partial charge >= 0.3 is 60.4 Å². The third-order valence-corrected chi connectivity index (χ3v) is 0.311. The second kappa shape index (κ2) is 4.50. The molecule has 0 fully saturated rings. The van der Waals surface area contributed by atoms with Crippen molar-refractivity contribution in [2.75, 3.05) is 0 Å². The molecule has 0 saturated heterocycles. The van der Waals surface area contributed by atoms with Crippen LogP contribution in [0.1, 0.15) is 1.43 Å². The van der Waals surface area contributed by atoms with Crippen molar-refractivity contribution in [1.82, 2.24) is 0 Å². The Hall–Kier alpha value is 1.62. The van der Waals surface area contributed by atoms with Gasteiger partial charge in [0.15, 0.2) is 0 Å². The molecule has 0 aromatic carbocycles. The van der Waals surface area contributed by atoms with E-state index in [9.17, 15) is 4.53 Å². The molecule has 0 aliphatic heterocycles. The molecule has 0 atom stereocenters. The van der Waals surface area contributed by atoms with Crippen LogP contribution in [-0.4, -0.2) is 23.4 Å². The molecule has 0 aliphatic rings. The van der Waals surface area contributed by atoms with Crippen LogP contribution in [0.4, 0.5) is 4.53 Å². The Morgan fingerprint density at radius 2 is 1.57 bits per heavy atom. The van der Waals surface area contributed by atoms with E-state index in [0.717, 1.165) is 0 Å². The minimum Gasteiger partial charge on any atom is -1.00 e. The summed E-state index contributed by atoms with van der Waals surface area (Å²) in [5.74, 6) is 0. The Labute approximate surface area is 84.2 Å². The first-order valence-corrected chi connectivity index (χ1v) is 2.78. The van der Waals surface area contributed by atoms with Crippen LogP contribution in [0.2, 0.25) is 0 Å². The molecule has 0 aromatic heterocycles. The summed E-state index contributed by atoms with van der Waals surface area (Å²) in [6, 6.07) is 0. The zero-order valence-corrected chi connectivity index (χ0v) is 7.75. The maximum atomic E-state index is 10.3. The van der Waals surface area contributed by atoms with Crippen molar-refractivity contribution in [3.8, 4) is 0 Å². The van der Waals surface area contributed by atoms with Crippen LogP contribution in [0.3, 0.4) is 0 Å². The molecule has 7 heavy (non-hydrogen) atoms. The summed E-state index contributed by atoms with van der Waals surface area (Å²) in [5.41, 5.74) is 0. The van der Waals surface area contributed by atoms with Gasteiger partial charge in [0.05, 0.1) is 0 Å². The fraction of sp³-hybridized carbons (Fsp3) is 0. The second-order valence-corrected chi connectivity index (χ2v) is 1.95. The van der Waals surface area contributed by atoms with Gasteiger partial charge in [-0.2, -0.15) is 4.63 Å². The van der Waals surface area contributed by atoms with Crippen molar-refractivity contribution >= 4 is 9.05 Å². The maximum absolute atomic E-state index is 10.3. The summed E-state index contributed by atoms with van der Waals surface area (Å²) in [6.07, 6.45) is 0. The van der Waals surface area contributed by atoms with Gasteiger partial charge < -0.3 is 15.8 Å². The van der Waals surface area contributed by atoms with E-state index in [1.54, 1.807) is 0 Å². The molecule has 0 radical (unpaired) electrons. The molecule has 4 nitrogen and oxygen atoms in total. The quantitative estimate of drug-likeness (QED) is 0.333. The number of halogens is 1. The zero-order valence-electron chi connectivity index (χ0n) is 4.63. The molecule has 7 heteroatoms. The van der Waals surface area contributed by atoms with Crippen molar-refractivity contribution < 1.29 is 76.4 Å². The van der Waals surface area contributed by atoms with Gasteiger partial charge in [-0.1, -0.05) is 4.53 Å². The fourth-order valence-corrected chi connectivity index (χ4v) is 0. The largest absolute Gasteiger partial charge is 1.00 e. The van der Waals surface area contributed by atoms with E-state index < -0.39 is 9.05 Å². The number of hydrogen-bond donors (Lipinski definition) is 3. The number of hydrogen-bond acceptors (Lipinski definition) is 4. The molecule has 0 aliphatic carbocycles. The Morgan fingerprint density at radius 1 is 1.43 bits per heavy atom. The molecule has 0 spiro atoms. The molecule has 0 bridgehead atoms. The first-order valence-electron chi connectivity index (χ1n) is 1.03. The molecule has 0 rings (SSSR count). The topological polar surface area (TPSA) is 69.9 Å². The van der Waals surface area contributed by atoms with E-state index in [0.29, 0.717) is 0 Å². The van der Waals surface area contributed by atoms with E-state index in [1.807, 2.05) is 0 Å². The van der Waals surface area contributed by atoms with Gasteiger partial charge in [-0.05, 0) is 0 Å². The minimum atomic E-state index is -4.80. The molecule has 3 N–H and O–H groups in total. The van der Waals surface area contributed by atoms with Crippen LogP contribution in [-0.2, 0) is 4.63 Å². The molecule has 0 unspecified atom stereocenters. The maximum Gasteiger partial charge on any atom is 1.00 e. The Kier molecular flexibility index (Phi) is 7.34. The summed E-state index contributed by atoms with van der Waals surface area (Å²) < 4.78 is 12.6. The molecular formula is H4FKO4Si. The molecule has 40 valence electrons. The molecule has 0 aromatic rings. The molecule has 0 heterocycles. The third kappa shape index (κ3) is 11.3. The molecule has 0 saturated carbocycles. The Morgan fingerprint density at radius 3 is 1.57 bits per heavy atom. The molecule has 0 amide bonds. The van der Waals surface area contributed by atoms with E-state index in [4.69, 9.17) is 14.4 Å². The fourth-order valence-electron chi connectivity index (χ4n) is 0. The van der Waals surface area contributed by atoms with Crippen LogP contribution in [0, 0.1) is 0 Å². The standard InChI is InChI=1S/FH3O4Si.K.H/c1-5-6(2,3)4;;/h2-4H;;/q;+1;-1. The zero-order chi connectivity index (χ0) is 5.21. The van der Waals surface area contributed by atoms with Gasteiger partial charge in [0, 0.05) is 0 Å². The van der Waals surface area contributed by atoms with Crippen molar-refractivity contribution in [3.63, 3.8) is 0 Å². The first-order chi connectivity index (χ1) is 2.56. The second-order valence-electron chi connectivity index (χ2n) is 0.651. The van der Waals surface area contributed by atoms with Crippen molar-refractivity contribution in [2.45, 2.75) is 0 Å². The van der Waals surface area contributed by atoms with E-state index in [2.05, 4.69) is 4.63 Å². The predicted molar refractivity (Wildman–Crippen MR) is 15.7 cm³/mol. The third-order valence-electron chi connectivity index (χ3n) is 0.104. The van der Waals surface area contributed by atoms with Crippen molar-refractivity contribution in [3.05, 3.63) is 0 Å².